The molecular weight excluding hydrogens is 204 g/mol. The highest BCUT2D eigenvalue weighted by Gasteiger charge is 2.33. The molecule has 1 atom stereocenters. The summed E-state index contributed by atoms with van der Waals surface area (Å²) in [5, 5.41) is 7.87. The van der Waals surface area contributed by atoms with Crippen LogP contribution < -0.4 is 0 Å². The van der Waals surface area contributed by atoms with Crippen LogP contribution in [0.15, 0.2) is 6.20 Å². The molecule has 1 aliphatic heterocycles. The predicted molar refractivity (Wildman–Crippen MR) is 60.9 cm³/mol. The Morgan fingerprint density at radius 3 is 2.94 bits per heavy atom. The summed E-state index contributed by atoms with van der Waals surface area (Å²) in [6.45, 7) is 9.15. The molecule has 0 aliphatic carbocycles. The fourth-order valence-corrected chi connectivity index (χ4v) is 1.98. The second kappa shape index (κ2) is 4.14. The highest BCUT2D eigenvalue weighted by molar-refractivity contribution is 4.97. The molecule has 1 aromatic rings. The van der Waals surface area contributed by atoms with Crippen molar-refractivity contribution in [1.82, 2.24) is 19.9 Å². The molecule has 2 heterocycles. The van der Waals surface area contributed by atoms with Crippen molar-refractivity contribution < 1.29 is 4.74 Å². The molecule has 1 saturated heterocycles. The van der Waals surface area contributed by atoms with Crippen molar-refractivity contribution in [3.8, 4) is 0 Å². The molecule has 0 saturated carbocycles. The van der Waals surface area contributed by atoms with Crippen LogP contribution in [0.2, 0.25) is 0 Å². The van der Waals surface area contributed by atoms with E-state index in [1.54, 1.807) is 0 Å². The van der Waals surface area contributed by atoms with Crippen molar-refractivity contribution in [3.05, 3.63) is 11.9 Å². The number of rotatable bonds is 2. The van der Waals surface area contributed by atoms with Crippen LogP contribution in [0.3, 0.4) is 0 Å². The zero-order valence-corrected chi connectivity index (χ0v) is 10.5. The van der Waals surface area contributed by atoms with E-state index in [-0.39, 0.29) is 5.54 Å². The molecule has 0 bridgehead atoms. The molecule has 90 valence electrons. The van der Waals surface area contributed by atoms with Crippen LogP contribution in [0.5, 0.6) is 0 Å². The first kappa shape index (κ1) is 11.5. The number of nitrogens with zero attached hydrogens (tertiary/aromatic N) is 4. The Morgan fingerprint density at radius 1 is 1.56 bits per heavy atom. The van der Waals surface area contributed by atoms with Crippen molar-refractivity contribution in [1.29, 1.82) is 0 Å². The van der Waals surface area contributed by atoms with Crippen molar-refractivity contribution in [2.24, 2.45) is 7.05 Å². The van der Waals surface area contributed by atoms with E-state index in [0.717, 1.165) is 25.4 Å². The number of hydrogen-bond donors (Lipinski definition) is 0. The van der Waals surface area contributed by atoms with E-state index in [1.807, 2.05) is 17.9 Å². The van der Waals surface area contributed by atoms with Crippen LogP contribution in [-0.4, -0.2) is 44.7 Å². The summed E-state index contributed by atoms with van der Waals surface area (Å²) >= 11 is 0. The first-order valence-corrected chi connectivity index (χ1v) is 5.69. The molecule has 0 aromatic carbocycles. The first-order valence-electron chi connectivity index (χ1n) is 5.69. The molecule has 1 fully saturated rings. The predicted octanol–water partition coefficient (Wildman–Crippen LogP) is 0.814. The van der Waals surface area contributed by atoms with Gasteiger partial charge in [-0.25, -0.2) is 0 Å². The largest absolute Gasteiger partial charge is 0.375 e. The second-order valence-electron chi connectivity index (χ2n) is 5.16. The maximum Gasteiger partial charge on any atom is 0.0738 e. The molecule has 0 unspecified atom stereocenters. The molecule has 1 aromatic heterocycles. The van der Waals surface area contributed by atoms with Crippen molar-refractivity contribution >= 4 is 0 Å². The van der Waals surface area contributed by atoms with Gasteiger partial charge < -0.3 is 4.74 Å². The molecule has 16 heavy (non-hydrogen) atoms. The van der Waals surface area contributed by atoms with Crippen LogP contribution in [0.25, 0.3) is 0 Å². The smallest absolute Gasteiger partial charge is 0.0738 e. The van der Waals surface area contributed by atoms with Gasteiger partial charge >= 0.3 is 0 Å². The second-order valence-corrected chi connectivity index (χ2v) is 5.16. The topological polar surface area (TPSA) is 43.2 Å². The Morgan fingerprint density at radius 2 is 2.31 bits per heavy atom. The average molecular weight is 224 g/mol. The summed E-state index contributed by atoms with van der Waals surface area (Å²) in [4.78, 5) is 2.43. The van der Waals surface area contributed by atoms with Gasteiger partial charge in [0.15, 0.2) is 0 Å². The quantitative estimate of drug-likeness (QED) is 0.746. The van der Waals surface area contributed by atoms with Crippen molar-refractivity contribution in [2.75, 3.05) is 13.2 Å². The normalized spacial score (nSPS) is 25.9. The summed E-state index contributed by atoms with van der Waals surface area (Å²) in [6.07, 6.45) is 2.13. The summed E-state index contributed by atoms with van der Waals surface area (Å²) < 4.78 is 7.52. The Balaban J connectivity index is 2.10. The molecule has 0 spiro atoms. The van der Waals surface area contributed by atoms with Crippen LogP contribution in [0, 0.1) is 0 Å². The van der Waals surface area contributed by atoms with Gasteiger partial charge in [0.1, 0.15) is 0 Å². The van der Waals surface area contributed by atoms with Crippen LogP contribution in [0.1, 0.15) is 26.5 Å². The summed E-state index contributed by atoms with van der Waals surface area (Å²) in [6, 6.07) is 0. The maximum absolute atomic E-state index is 5.69. The zero-order valence-electron chi connectivity index (χ0n) is 10.5. The van der Waals surface area contributed by atoms with E-state index in [2.05, 4.69) is 36.0 Å². The number of hydrogen-bond acceptors (Lipinski definition) is 4. The van der Waals surface area contributed by atoms with Crippen molar-refractivity contribution in [2.45, 2.75) is 39.0 Å². The van der Waals surface area contributed by atoms with Gasteiger partial charge in [-0.1, -0.05) is 5.21 Å². The van der Waals surface area contributed by atoms with E-state index < -0.39 is 0 Å². The minimum absolute atomic E-state index is 0.0801. The molecular formula is C11H20N4O. The number of morpholine rings is 1. The van der Waals surface area contributed by atoms with E-state index >= 15 is 0 Å². The van der Waals surface area contributed by atoms with E-state index in [0.29, 0.717) is 6.10 Å². The fourth-order valence-electron chi connectivity index (χ4n) is 1.98. The SMILES string of the molecule is C[C@@H]1CN(Cc2cnnn2C)C(C)(C)CO1. The van der Waals surface area contributed by atoms with Crippen LogP contribution >= 0.6 is 0 Å². The number of ether oxygens (including phenoxy) is 1. The van der Waals surface area contributed by atoms with Gasteiger partial charge in [0.25, 0.3) is 0 Å². The van der Waals surface area contributed by atoms with Gasteiger partial charge in [-0.2, -0.15) is 0 Å². The lowest BCUT2D eigenvalue weighted by molar-refractivity contribution is -0.0956. The Hall–Kier alpha value is -0.940. The average Bonchev–Trinajstić information content (AvgIpc) is 2.59. The van der Waals surface area contributed by atoms with Crippen LogP contribution in [0.4, 0.5) is 0 Å². The number of aryl methyl sites for hydroxylation is 1. The van der Waals surface area contributed by atoms with Crippen LogP contribution in [-0.2, 0) is 18.3 Å². The molecule has 5 heteroatoms. The molecule has 0 radical (unpaired) electrons. The monoisotopic (exact) mass is 224 g/mol. The molecule has 0 N–H and O–H groups in total. The third-order valence-electron chi connectivity index (χ3n) is 3.22. The summed E-state index contributed by atoms with van der Waals surface area (Å²) in [5.41, 5.74) is 1.22. The van der Waals surface area contributed by atoms with Crippen molar-refractivity contribution in [3.63, 3.8) is 0 Å². The van der Waals surface area contributed by atoms with Gasteiger partial charge in [-0.3, -0.25) is 9.58 Å². The van der Waals surface area contributed by atoms with Gasteiger partial charge in [-0.15, -0.1) is 5.10 Å². The minimum Gasteiger partial charge on any atom is -0.375 e. The first-order chi connectivity index (χ1) is 7.49. The summed E-state index contributed by atoms with van der Waals surface area (Å²) in [5.74, 6) is 0. The molecule has 0 amide bonds. The molecule has 1 aliphatic rings. The number of aromatic nitrogens is 3. The fraction of sp³-hybridized carbons (Fsp3) is 0.818. The third kappa shape index (κ3) is 2.25. The van der Waals surface area contributed by atoms with Gasteiger partial charge in [0, 0.05) is 25.7 Å². The standard InChI is InChI=1S/C11H20N4O/c1-9-6-15(11(2,3)8-16-9)7-10-5-12-13-14(10)4/h5,9H,6-8H2,1-4H3/t9-/m1/s1. The van der Waals surface area contributed by atoms with Gasteiger partial charge in [-0.05, 0) is 20.8 Å². The Bertz CT molecular complexity index is 361. The summed E-state index contributed by atoms with van der Waals surface area (Å²) in [7, 11) is 1.93. The third-order valence-corrected chi connectivity index (χ3v) is 3.22. The Kier molecular flexibility index (Phi) is 2.99. The molecule has 5 nitrogen and oxygen atoms in total. The maximum atomic E-state index is 5.69. The Labute approximate surface area is 96.4 Å². The lowest BCUT2D eigenvalue weighted by Gasteiger charge is -2.44. The highest BCUT2D eigenvalue weighted by atomic mass is 16.5. The van der Waals surface area contributed by atoms with E-state index in [9.17, 15) is 0 Å². The zero-order chi connectivity index (χ0) is 11.8. The van der Waals surface area contributed by atoms with Gasteiger partial charge in [0.05, 0.1) is 24.6 Å². The minimum atomic E-state index is 0.0801. The van der Waals surface area contributed by atoms with Gasteiger partial charge in [0.2, 0.25) is 0 Å². The van der Waals surface area contributed by atoms with E-state index in [4.69, 9.17) is 4.74 Å². The lowest BCUT2D eigenvalue weighted by atomic mass is 10.0. The molecule has 2 rings (SSSR count). The highest BCUT2D eigenvalue weighted by Crippen LogP contribution is 2.23. The van der Waals surface area contributed by atoms with E-state index in [1.165, 1.54) is 0 Å². The lowest BCUT2D eigenvalue weighted by Crippen LogP contribution is -2.55.